The van der Waals surface area contributed by atoms with Gasteiger partial charge in [-0.05, 0) is 42.3 Å². The zero-order valence-electron chi connectivity index (χ0n) is 11.5. The third-order valence-electron chi connectivity index (χ3n) is 3.04. The van der Waals surface area contributed by atoms with E-state index in [1.165, 1.54) is 0 Å². The van der Waals surface area contributed by atoms with Crippen LogP contribution in [0.4, 0.5) is 5.69 Å². The van der Waals surface area contributed by atoms with Crippen LogP contribution in [0.1, 0.15) is 21.5 Å². The lowest BCUT2D eigenvalue weighted by atomic mass is 10.1. The predicted molar refractivity (Wildman–Crippen MR) is 78.5 cm³/mol. The number of nitrogens with one attached hydrogen (secondary N) is 1. The Kier molecular flexibility index (Phi) is 4.25. The van der Waals surface area contributed by atoms with Crippen LogP contribution in [0.3, 0.4) is 0 Å². The SMILES string of the molecule is COc1cc(C)ccc1NCc1ccc(C(=O)O)cc1. The number of hydrogen-bond donors (Lipinski definition) is 2. The number of benzene rings is 2. The Morgan fingerprint density at radius 3 is 2.50 bits per heavy atom. The largest absolute Gasteiger partial charge is 0.495 e. The molecule has 0 bridgehead atoms. The number of carbonyl (C=O) groups is 1. The molecule has 0 radical (unpaired) electrons. The van der Waals surface area contributed by atoms with Gasteiger partial charge in [0.2, 0.25) is 0 Å². The van der Waals surface area contributed by atoms with Gasteiger partial charge in [-0.25, -0.2) is 4.79 Å². The smallest absolute Gasteiger partial charge is 0.335 e. The summed E-state index contributed by atoms with van der Waals surface area (Å²) >= 11 is 0. The minimum Gasteiger partial charge on any atom is -0.495 e. The number of methoxy groups -OCH3 is 1. The van der Waals surface area contributed by atoms with Gasteiger partial charge in [0.25, 0.3) is 0 Å². The molecule has 0 saturated carbocycles. The predicted octanol–water partition coefficient (Wildman–Crippen LogP) is 3.31. The zero-order valence-corrected chi connectivity index (χ0v) is 11.5. The van der Waals surface area contributed by atoms with Crippen LogP contribution in [-0.2, 0) is 6.54 Å². The fraction of sp³-hybridized carbons (Fsp3) is 0.188. The Morgan fingerprint density at radius 2 is 1.90 bits per heavy atom. The molecule has 0 saturated heterocycles. The summed E-state index contributed by atoms with van der Waals surface area (Å²) in [7, 11) is 1.64. The molecule has 0 unspecified atom stereocenters. The summed E-state index contributed by atoms with van der Waals surface area (Å²) in [5.41, 5.74) is 3.36. The van der Waals surface area contributed by atoms with Crippen LogP contribution in [0.5, 0.6) is 5.75 Å². The molecule has 20 heavy (non-hydrogen) atoms. The lowest BCUT2D eigenvalue weighted by Gasteiger charge is -2.12. The van der Waals surface area contributed by atoms with Gasteiger partial charge in [0.1, 0.15) is 5.75 Å². The van der Waals surface area contributed by atoms with Crippen molar-refractivity contribution in [2.24, 2.45) is 0 Å². The van der Waals surface area contributed by atoms with Gasteiger partial charge >= 0.3 is 5.97 Å². The highest BCUT2D eigenvalue weighted by Crippen LogP contribution is 2.25. The van der Waals surface area contributed by atoms with E-state index < -0.39 is 5.97 Å². The van der Waals surface area contributed by atoms with Crippen molar-refractivity contribution in [1.82, 2.24) is 0 Å². The van der Waals surface area contributed by atoms with E-state index in [-0.39, 0.29) is 0 Å². The van der Waals surface area contributed by atoms with E-state index in [4.69, 9.17) is 9.84 Å². The average molecular weight is 271 g/mol. The highest BCUT2D eigenvalue weighted by Gasteiger charge is 2.04. The Labute approximate surface area is 118 Å². The van der Waals surface area contributed by atoms with Crippen LogP contribution in [0.15, 0.2) is 42.5 Å². The molecule has 2 aromatic rings. The van der Waals surface area contributed by atoms with E-state index in [1.54, 1.807) is 31.4 Å². The van der Waals surface area contributed by atoms with Gasteiger partial charge in [0.15, 0.2) is 0 Å². The first-order chi connectivity index (χ1) is 9.60. The molecule has 0 spiro atoms. The van der Waals surface area contributed by atoms with Crippen LogP contribution >= 0.6 is 0 Å². The van der Waals surface area contributed by atoms with Crippen molar-refractivity contribution in [2.45, 2.75) is 13.5 Å². The van der Waals surface area contributed by atoms with E-state index in [2.05, 4.69) is 5.32 Å². The average Bonchev–Trinajstić information content (AvgIpc) is 2.46. The van der Waals surface area contributed by atoms with E-state index in [1.807, 2.05) is 25.1 Å². The standard InChI is InChI=1S/C16H17NO3/c1-11-3-8-14(15(9-11)20-2)17-10-12-4-6-13(7-5-12)16(18)19/h3-9,17H,10H2,1-2H3,(H,18,19). The molecule has 0 heterocycles. The van der Waals surface area contributed by atoms with E-state index in [0.29, 0.717) is 12.1 Å². The summed E-state index contributed by atoms with van der Waals surface area (Å²) in [5.74, 6) is -0.114. The number of hydrogen-bond acceptors (Lipinski definition) is 3. The second kappa shape index (κ2) is 6.10. The number of aromatic carboxylic acids is 1. The number of anilines is 1. The molecule has 2 aromatic carbocycles. The second-order valence-corrected chi connectivity index (χ2v) is 4.56. The Balaban J connectivity index is 2.06. The second-order valence-electron chi connectivity index (χ2n) is 4.56. The highest BCUT2D eigenvalue weighted by molar-refractivity contribution is 5.87. The molecule has 0 aromatic heterocycles. The van der Waals surface area contributed by atoms with Gasteiger partial charge in [-0.3, -0.25) is 0 Å². The van der Waals surface area contributed by atoms with Crippen LogP contribution in [0.25, 0.3) is 0 Å². The molecule has 2 N–H and O–H groups in total. The normalized spacial score (nSPS) is 10.1. The van der Waals surface area contributed by atoms with Crippen LogP contribution < -0.4 is 10.1 Å². The topological polar surface area (TPSA) is 58.6 Å². The molecule has 2 rings (SSSR count). The highest BCUT2D eigenvalue weighted by atomic mass is 16.5. The summed E-state index contributed by atoms with van der Waals surface area (Å²) in [5, 5.41) is 12.1. The summed E-state index contributed by atoms with van der Waals surface area (Å²) < 4.78 is 5.32. The van der Waals surface area contributed by atoms with Crippen LogP contribution in [-0.4, -0.2) is 18.2 Å². The van der Waals surface area contributed by atoms with Crippen molar-refractivity contribution < 1.29 is 14.6 Å². The first-order valence-corrected chi connectivity index (χ1v) is 6.31. The first-order valence-electron chi connectivity index (χ1n) is 6.31. The van der Waals surface area contributed by atoms with E-state index in [9.17, 15) is 4.79 Å². The molecule has 0 aliphatic heterocycles. The van der Waals surface area contributed by atoms with Crippen molar-refractivity contribution in [3.05, 3.63) is 59.2 Å². The zero-order chi connectivity index (χ0) is 14.5. The summed E-state index contributed by atoms with van der Waals surface area (Å²) in [6, 6.07) is 12.8. The van der Waals surface area contributed by atoms with Gasteiger partial charge in [0.05, 0.1) is 18.4 Å². The van der Waals surface area contributed by atoms with E-state index >= 15 is 0 Å². The molecule has 0 atom stereocenters. The third-order valence-corrected chi connectivity index (χ3v) is 3.04. The monoisotopic (exact) mass is 271 g/mol. The van der Waals surface area contributed by atoms with Crippen molar-refractivity contribution in [3.8, 4) is 5.75 Å². The maximum Gasteiger partial charge on any atom is 0.335 e. The number of rotatable bonds is 5. The maximum atomic E-state index is 10.8. The van der Waals surface area contributed by atoms with Gasteiger partial charge in [-0.2, -0.15) is 0 Å². The molecule has 0 aliphatic rings. The Hall–Kier alpha value is -2.49. The lowest BCUT2D eigenvalue weighted by molar-refractivity contribution is 0.0697. The first kappa shape index (κ1) is 13.9. The fourth-order valence-corrected chi connectivity index (χ4v) is 1.91. The van der Waals surface area contributed by atoms with Crippen LogP contribution in [0.2, 0.25) is 0 Å². The summed E-state index contributed by atoms with van der Waals surface area (Å²) in [6.45, 7) is 2.62. The third kappa shape index (κ3) is 3.29. The summed E-state index contributed by atoms with van der Waals surface area (Å²) in [6.07, 6.45) is 0. The number of aryl methyl sites for hydroxylation is 1. The van der Waals surface area contributed by atoms with E-state index in [0.717, 1.165) is 22.6 Å². The Bertz CT molecular complexity index is 606. The lowest BCUT2D eigenvalue weighted by Crippen LogP contribution is -2.02. The number of carboxylic acid groups (broad SMARTS) is 1. The number of carboxylic acids is 1. The van der Waals surface area contributed by atoms with Crippen molar-refractivity contribution in [3.63, 3.8) is 0 Å². The fourth-order valence-electron chi connectivity index (χ4n) is 1.91. The number of ether oxygens (including phenoxy) is 1. The molecule has 0 amide bonds. The molecule has 0 aliphatic carbocycles. The van der Waals surface area contributed by atoms with Gasteiger partial charge < -0.3 is 15.2 Å². The van der Waals surface area contributed by atoms with Crippen molar-refractivity contribution >= 4 is 11.7 Å². The van der Waals surface area contributed by atoms with Gasteiger partial charge in [-0.15, -0.1) is 0 Å². The minimum absolute atomic E-state index is 0.293. The molecule has 4 heteroatoms. The molecular weight excluding hydrogens is 254 g/mol. The quantitative estimate of drug-likeness (QED) is 0.876. The summed E-state index contributed by atoms with van der Waals surface area (Å²) in [4.78, 5) is 10.8. The molecule has 4 nitrogen and oxygen atoms in total. The van der Waals surface area contributed by atoms with Crippen molar-refractivity contribution in [2.75, 3.05) is 12.4 Å². The van der Waals surface area contributed by atoms with Crippen LogP contribution in [0, 0.1) is 6.92 Å². The van der Waals surface area contributed by atoms with Gasteiger partial charge in [0, 0.05) is 6.54 Å². The molecular formula is C16H17NO3. The minimum atomic E-state index is -0.912. The van der Waals surface area contributed by atoms with Crippen molar-refractivity contribution in [1.29, 1.82) is 0 Å². The Morgan fingerprint density at radius 1 is 1.20 bits per heavy atom. The van der Waals surface area contributed by atoms with Gasteiger partial charge in [-0.1, -0.05) is 18.2 Å². The maximum absolute atomic E-state index is 10.8. The molecule has 104 valence electrons. The molecule has 0 fully saturated rings.